The van der Waals surface area contributed by atoms with Crippen molar-refractivity contribution in [1.82, 2.24) is 9.88 Å². The summed E-state index contributed by atoms with van der Waals surface area (Å²) in [6.07, 6.45) is 4.67. The highest BCUT2D eigenvalue weighted by Crippen LogP contribution is 2.05. The Kier molecular flexibility index (Phi) is 4.70. The molecule has 0 fully saturated rings. The zero-order chi connectivity index (χ0) is 13.6. The van der Waals surface area contributed by atoms with Crippen molar-refractivity contribution in [3.8, 4) is 0 Å². The average molecular weight is 280 g/mol. The third-order valence-corrected chi connectivity index (χ3v) is 4.00. The fourth-order valence-electron chi connectivity index (χ4n) is 1.72. The molecule has 0 aliphatic heterocycles. The summed E-state index contributed by atoms with van der Waals surface area (Å²) in [4.78, 5) is 0. The van der Waals surface area contributed by atoms with Crippen LogP contribution in [0.2, 0.25) is 0 Å². The smallest absolute Gasteiger partial charge is 0.215 e. The van der Waals surface area contributed by atoms with Crippen LogP contribution in [0.25, 0.3) is 0 Å². The molecule has 0 radical (unpaired) electrons. The van der Waals surface area contributed by atoms with Crippen molar-refractivity contribution in [1.29, 1.82) is 0 Å². The van der Waals surface area contributed by atoms with E-state index < -0.39 is 10.0 Å². The third kappa shape index (κ3) is 4.84. The molecule has 102 valence electrons. The Labute approximate surface area is 112 Å². The number of nitrogens with one attached hydrogen (secondary N) is 1. The molecule has 0 spiro atoms. The minimum Gasteiger partial charge on any atom is -0.364 e. The van der Waals surface area contributed by atoms with Gasteiger partial charge >= 0.3 is 0 Å². The first-order valence-corrected chi connectivity index (χ1v) is 7.70. The van der Waals surface area contributed by atoms with Crippen molar-refractivity contribution in [2.75, 3.05) is 6.54 Å². The maximum absolute atomic E-state index is 11.8. The van der Waals surface area contributed by atoms with Crippen molar-refractivity contribution in [3.63, 3.8) is 0 Å². The molecular formula is C13H16N2O3S. The Balaban J connectivity index is 1.75. The van der Waals surface area contributed by atoms with Gasteiger partial charge in [-0.3, -0.25) is 0 Å². The second kappa shape index (κ2) is 6.49. The van der Waals surface area contributed by atoms with Crippen LogP contribution >= 0.6 is 0 Å². The lowest BCUT2D eigenvalue weighted by Gasteiger charge is -2.06. The molecular weight excluding hydrogens is 264 g/mol. The molecule has 0 atom stereocenters. The van der Waals surface area contributed by atoms with Crippen LogP contribution in [0.5, 0.6) is 0 Å². The van der Waals surface area contributed by atoms with Gasteiger partial charge in [0.05, 0.1) is 11.9 Å². The van der Waals surface area contributed by atoms with E-state index in [1.54, 1.807) is 24.6 Å². The van der Waals surface area contributed by atoms with E-state index in [4.69, 9.17) is 4.52 Å². The minimum atomic E-state index is -3.26. The van der Waals surface area contributed by atoms with E-state index in [9.17, 15) is 8.42 Å². The molecule has 0 bridgehead atoms. The first-order chi connectivity index (χ1) is 9.16. The van der Waals surface area contributed by atoms with E-state index in [2.05, 4.69) is 9.88 Å². The summed E-state index contributed by atoms with van der Waals surface area (Å²) in [5.74, 6) is 0.0150. The van der Waals surface area contributed by atoms with Gasteiger partial charge < -0.3 is 4.52 Å². The largest absolute Gasteiger partial charge is 0.364 e. The molecule has 2 aromatic rings. The summed E-state index contributed by atoms with van der Waals surface area (Å²) in [5, 5.41) is 3.59. The zero-order valence-corrected chi connectivity index (χ0v) is 11.3. The van der Waals surface area contributed by atoms with E-state index in [-0.39, 0.29) is 5.75 Å². The van der Waals surface area contributed by atoms with Gasteiger partial charge in [0, 0.05) is 12.1 Å². The molecule has 0 unspecified atom stereocenters. The number of aromatic nitrogens is 1. The summed E-state index contributed by atoms with van der Waals surface area (Å²) in [6.45, 7) is 0.417. The number of hydrogen-bond acceptors (Lipinski definition) is 4. The molecule has 0 aliphatic carbocycles. The summed E-state index contributed by atoms with van der Waals surface area (Å²) < 4.78 is 30.9. The predicted octanol–water partition coefficient (Wildman–Crippen LogP) is 1.73. The van der Waals surface area contributed by atoms with Crippen molar-refractivity contribution in [2.24, 2.45) is 0 Å². The highest BCUT2D eigenvalue weighted by atomic mass is 32.2. The lowest BCUT2D eigenvalue weighted by Crippen LogP contribution is -2.26. The summed E-state index contributed by atoms with van der Waals surface area (Å²) in [6, 6.07) is 9.13. The molecule has 5 nitrogen and oxygen atoms in total. The van der Waals surface area contributed by atoms with Crippen molar-refractivity contribution in [3.05, 3.63) is 53.9 Å². The van der Waals surface area contributed by atoms with Crippen LogP contribution < -0.4 is 4.72 Å². The van der Waals surface area contributed by atoms with Crippen molar-refractivity contribution < 1.29 is 12.9 Å². The number of hydrogen-bond donors (Lipinski definition) is 1. The van der Waals surface area contributed by atoms with E-state index in [1.807, 2.05) is 18.2 Å². The molecule has 1 N–H and O–H groups in total. The first kappa shape index (κ1) is 13.8. The topological polar surface area (TPSA) is 72.2 Å². The van der Waals surface area contributed by atoms with Crippen LogP contribution in [0, 0.1) is 0 Å². The molecule has 1 aromatic carbocycles. The maximum atomic E-state index is 11.8. The van der Waals surface area contributed by atoms with Gasteiger partial charge in [-0.2, -0.15) is 0 Å². The number of nitrogens with zero attached hydrogens (tertiary/aromatic N) is 1. The van der Waals surface area contributed by atoms with Gasteiger partial charge in [-0.05, 0) is 18.4 Å². The molecule has 0 saturated heterocycles. The molecule has 0 aliphatic rings. The van der Waals surface area contributed by atoms with Gasteiger partial charge in [-0.25, -0.2) is 13.1 Å². The molecule has 1 heterocycles. The van der Waals surface area contributed by atoms with Gasteiger partial charge in [0.15, 0.2) is 0 Å². The predicted molar refractivity (Wildman–Crippen MR) is 71.9 cm³/mol. The van der Waals surface area contributed by atoms with E-state index in [0.29, 0.717) is 6.54 Å². The molecule has 0 saturated carbocycles. The monoisotopic (exact) mass is 280 g/mol. The quantitative estimate of drug-likeness (QED) is 0.784. The van der Waals surface area contributed by atoms with Crippen LogP contribution in [-0.4, -0.2) is 20.1 Å². The van der Waals surface area contributed by atoms with E-state index in [0.717, 1.165) is 24.0 Å². The van der Waals surface area contributed by atoms with Crippen LogP contribution in [0.4, 0.5) is 0 Å². The Bertz CT molecular complexity index is 580. The fraction of sp³-hybridized carbons (Fsp3) is 0.308. The second-order valence-corrected chi connectivity index (χ2v) is 6.08. The summed E-state index contributed by atoms with van der Waals surface area (Å²) >= 11 is 0. The normalized spacial score (nSPS) is 11.6. The van der Waals surface area contributed by atoms with Crippen molar-refractivity contribution in [2.45, 2.75) is 18.6 Å². The molecule has 2 rings (SSSR count). The van der Waals surface area contributed by atoms with Gasteiger partial charge in [0.25, 0.3) is 0 Å². The fourth-order valence-corrected chi connectivity index (χ4v) is 2.90. The van der Waals surface area contributed by atoms with Crippen LogP contribution in [0.15, 0.2) is 47.3 Å². The molecule has 19 heavy (non-hydrogen) atoms. The highest BCUT2D eigenvalue weighted by molar-refractivity contribution is 7.88. The van der Waals surface area contributed by atoms with Crippen molar-refractivity contribution >= 4 is 10.0 Å². The molecule has 1 aromatic heterocycles. The summed E-state index contributed by atoms with van der Waals surface area (Å²) in [7, 11) is -3.26. The Hall–Kier alpha value is -1.66. The van der Waals surface area contributed by atoms with Gasteiger partial charge in [-0.15, -0.1) is 0 Å². The Morgan fingerprint density at radius 3 is 2.63 bits per heavy atom. The standard InChI is InChI=1S/C13H16N2O3S/c16-19(17,11-12-5-2-1-3-6-12)15-8-4-7-13-9-14-18-10-13/h1-3,5-6,9-10,15H,4,7-8,11H2. The number of benzene rings is 1. The maximum Gasteiger partial charge on any atom is 0.215 e. The van der Waals surface area contributed by atoms with Crippen LogP contribution in [0.3, 0.4) is 0 Å². The van der Waals surface area contributed by atoms with Crippen LogP contribution in [-0.2, 0) is 22.2 Å². The second-order valence-electron chi connectivity index (χ2n) is 4.28. The van der Waals surface area contributed by atoms with E-state index >= 15 is 0 Å². The molecule has 0 amide bonds. The highest BCUT2D eigenvalue weighted by Gasteiger charge is 2.10. The number of aryl methyl sites for hydroxylation is 1. The van der Waals surface area contributed by atoms with Crippen LogP contribution in [0.1, 0.15) is 17.5 Å². The number of rotatable bonds is 7. The lowest BCUT2D eigenvalue weighted by atomic mass is 10.2. The first-order valence-electron chi connectivity index (χ1n) is 6.05. The Morgan fingerprint density at radius 1 is 1.16 bits per heavy atom. The Morgan fingerprint density at radius 2 is 1.95 bits per heavy atom. The minimum absolute atomic E-state index is 0.0150. The number of sulfonamides is 1. The van der Waals surface area contributed by atoms with Gasteiger partial charge in [-0.1, -0.05) is 35.5 Å². The SMILES string of the molecule is O=S(=O)(Cc1ccccc1)NCCCc1cnoc1. The van der Waals surface area contributed by atoms with E-state index in [1.165, 1.54) is 0 Å². The lowest BCUT2D eigenvalue weighted by molar-refractivity contribution is 0.418. The van der Waals surface area contributed by atoms with Gasteiger partial charge in [0.1, 0.15) is 6.26 Å². The third-order valence-electron chi connectivity index (χ3n) is 2.65. The zero-order valence-electron chi connectivity index (χ0n) is 10.5. The summed E-state index contributed by atoms with van der Waals surface area (Å²) in [5.41, 5.74) is 1.76. The average Bonchev–Trinajstić information content (AvgIpc) is 2.88. The molecule has 6 heteroatoms. The van der Waals surface area contributed by atoms with Gasteiger partial charge in [0.2, 0.25) is 10.0 Å².